The van der Waals surface area contributed by atoms with Gasteiger partial charge >= 0.3 is 0 Å². The summed E-state index contributed by atoms with van der Waals surface area (Å²) >= 11 is 0. The molecule has 0 aliphatic carbocycles. The number of hydrogen-bond acceptors (Lipinski definition) is 3. The predicted octanol–water partition coefficient (Wildman–Crippen LogP) is 4.57. The largest absolute Gasteiger partial charge is 0.436 e. The second-order valence-electron chi connectivity index (χ2n) is 4.55. The molecule has 0 aliphatic heterocycles. The zero-order valence-electron chi connectivity index (χ0n) is 10.5. The molecule has 0 bridgehead atoms. The fraction of sp³-hybridized carbons (Fsp3) is 0. The van der Waals surface area contributed by atoms with Gasteiger partial charge in [0.2, 0.25) is 0 Å². The van der Waals surface area contributed by atoms with Crippen LogP contribution in [0.1, 0.15) is 0 Å². The average molecular weight is 260 g/mol. The van der Waals surface area contributed by atoms with E-state index in [0.717, 1.165) is 10.8 Å². The number of fused-ring (bicyclic) bond motifs is 2. The number of ether oxygens (including phenoxy) is 1. The van der Waals surface area contributed by atoms with Gasteiger partial charge in [0.25, 0.3) is 5.88 Å². The fourth-order valence-corrected chi connectivity index (χ4v) is 2.27. The fourth-order valence-electron chi connectivity index (χ4n) is 2.27. The maximum absolute atomic E-state index is 5.58. The maximum atomic E-state index is 5.58. The van der Waals surface area contributed by atoms with Gasteiger partial charge in [-0.25, -0.2) is 0 Å². The van der Waals surface area contributed by atoms with Crippen molar-refractivity contribution < 1.29 is 9.26 Å². The van der Waals surface area contributed by atoms with Crippen molar-refractivity contribution in [1.82, 2.24) is 5.16 Å². The maximum Gasteiger partial charge on any atom is 0.259 e. The molecule has 1 heterocycles. The van der Waals surface area contributed by atoms with Gasteiger partial charge < -0.3 is 9.26 Å². The van der Waals surface area contributed by atoms with Gasteiger partial charge in [0.1, 0.15) is 12.0 Å². The van der Waals surface area contributed by atoms with E-state index in [4.69, 9.17) is 9.26 Å². The quantitative estimate of drug-likeness (QED) is 0.495. The van der Waals surface area contributed by atoms with Crippen molar-refractivity contribution in [2.24, 2.45) is 0 Å². The summed E-state index contributed by atoms with van der Waals surface area (Å²) in [6.07, 6.45) is 1.48. The van der Waals surface area contributed by atoms with E-state index < -0.39 is 0 Å². The Morgan fingerprint density at radius 3 is 2.55 bits per heavy atom. The van der Waals surface area contributed by atoms with E-state index in [0.29, 0.717) is 11.6 Å². The van der Waals surface area contributed by atoms with Crippen molar-refractivity contribution in [2.75, 3.05) is 0 Å². The van der Waals surface area contributed by atoms with Gasteiger partial charge in [0.15, 0.2) is 0 Å². The molecule has 0 aliphatic rings. The van der Waals surface area contributed by atoms with E-state index >= 15 is 0 Å². The Kier molecular flexibility index (Phi) is 2.42. The molecule has 3 heteroatoms. The van der Waals surface area contributed by atoms with Crippen LogP contribution in [0.2, 0.25) is 0 Å². The summed E-state index contributed by atoms with van der Waals surface area (Å²) in [4.78, 5) is 0. The molecule has 0 saturated carbocycles. The Balaban J connectivity index is 1.83. The lowest BCUT2D eigenvalue weighted by Crippen LogP contribution is -1.84. The van der Waals surface area contributed by atoms with Crippen LogP contribution >= 0.6 is 0 Å². The van der Waals surface area contributed by atoms with Crippen LogP contribution in [0.4, 0.5) is 0 Å². The molecule has 4 aromatic rings. The summed E-state index contributed by atoms with van der Waals surface area (Å²) in [6, 6.07) is 21.4. The van der Waals surface area contributed by atoms with Crippen LogP contribution in [0.5, 0.6) is 11.6 Å². The first-order valence-electron chi connectivity index (χ1n) is 6.31. The third-order valence-corrected chi connectivity index (χ3v) is 3.22. The zero-order chi connectivity index (χ0) is 13.4. The number of hydrogen-bond donors (Lipinski definition) is 0. The highest BCUT2D eigenvalue weighted by atomic mass is 16.5. The molecule has 20 heavy (non-hydrogen) atoms. The number of benzene rings is 3. The minimum Gasteiger partial charge on any atom is -0.436 e. The van der Waals surface area contributed by atoms with Gasteiger partial charge in [-0.05, 0) is 44.9 Å². The summed E-state index contributed by atoms with van der Waals surface area (Å²) in [5.74, 6) is 1.06. The first kappa shape index (κ1) is 11.1. The number of nitrogens with zero attached hydrogens (tertiary/aromatic N) is 1. The second kappa shape index (κ2) is 4.38. The molecule has 0 spiro atoms. The zero-order valence-corrected chi connectivity index (χ0v) is 10.5. The van der Waals surface area contributed by atoms with E-state index in [1.54, 1.807) is 6.07 Å². The van der Waals surface area contributed by atoms with Crippen molar-refractivity contribution in [1.29, 1.82) is 0 Å². The third-order valence-electron chi connectivity index (χ3n) is 3.22. The normalized spacial score (nSPS) is 11.0. The monoisotopic (exact) mass is 260 g/mol. The number of aromatic nitrogens is 1. The highest BCUT2D eigenvalue weighted by Crippen LogP contribution is 2.27. The van der Waals surface area contributed by atoms with Crippen molar-refractivity contribution in [3.05, 3.63) is 66.9 Å². The first-order valence-corrected chi connectivity index (χ1v) is 6.31. The van der Waals surface area contributed by atoms with Gasteiger partial charge in [-0.1, -0.05) is 30.3 Å². The summed E-state index contributed by atoms with van der Waals surface area (Å²) < 4.78 is 10.3. The minimum atomic E-state index is 0.432. The van der Waals surface area contributed by atoms with Crippen LogP contribution < -0.4 is 4.74 Å². The van der Waals surface area contributed by atoms with Crippen molar-refractivity contribution in [2.45, 2.75) is 0 Å². The van der Waals surface area contributed by atoms with Crippen LogP contribution in [0.3, 0.4) is 0 Å². The molecule has 0 amide bonds. The van der Waals surface area contributed by atoms with E-state index in [-0.39, 0.29) is 0 Å². The van der Waals surface area contributed by atoms with E-state index in [1.807, 2.05) is 24.3 Å². The van der Waals surface area contributed by atoms with Crippen molar-refractivity contribution in [3.8, 4) is 11.6 Å². The summed E-state index contributed by atoms with van der Waals surface area (Å²) in [7, 11) is 0. The van der Waals surface area contributed by atoms with Gasteiger partial charge in [-0.3, -0.25) is 0 Å². The Hall–Kier alpha value is -2.81. The molecule has 0 saturated heterocycles. The molecule has 3 nitrogen and oxygen atoms in total. The molecule has 4 rings (SSSR count). The lowest BCUT2D eigenvalue weighted by molar-refractivity contribution is 0.367. The highest BCUT2D eigenvalue weighted by molar-refractivity contribution is 5.98. The predicted molar refractivity (Wildman–Crippen MR) is 76.9 cm³/mol. The van der Waals surface area contributed by atoms with Crippen LogP contribution in [0.25, 0.3) is 21.5 Å². The molecule has 0 fully saturated rings. The summed E-state index contributed by atoms with van der Waals surface area (Å²) in [5.41, 5.74) is 0. The van der Waals surface area contributed by atoms with Gasteiger partial charge in [-0.2, -0.15) is 0 Å². The van der Waals surface area contributed by atoms with E-state index in [9.17, 15) is 0 Å². The van der Waals surface area contributed by atoms with Gasteiger partial charge in [0.05, 0.1) is 0 Å². The lowest BCUT2D eigenvalue weighted by Gasteiger charge is -2.05. The molecular weight excluding hydrogens is 250 g/mol. The Morgan fingerprint density at radius 2 is 1.75 bits per heavy atom. The molecule has 1 aromatic heterocycles. The summed E-state index contributed by atoms with van der Waals surface area (Å²) in [5, 5.41) is 8.29. The molecule has 0 N–H and O–H groups in total. The van der Waals surface area contributed by atoms with Gasteiger partial charge in [-0.15, -0.1) is 0 Å². The SMILES string of the molecule is [c]1c(Oc2ccon2)ccc2cc3ccccc3cc12. The van der Waals surface area contributed by atoms with Crippen LogP contribution in [-0.4, -0.2) is 5.16 Å². The average Bonchev–Trinajstić information content (AvgIpc) is 2.98. The Labute approximate surface area is 115 Å². The van der Waals surface area contributed by atoms with Crippen LogP contribution in [-0.2, 0) is 0 Å². The smallest absolute Gasteiger partial charge is 0.259 e. The summed E-state index contributed by atoms with van der Waals surface area (Å²) in [6.45, 7) is 0. The topological polar surface area (TPSA) is 35.3 Å². The Morgan fingerprint density at radius 1 is 0.900 bits per heavy atom. The Bertz CT molecular complexity index is 882. The molecular formula is C17H10NO2. The highest BCUT2D eigenvalue weighted by Gasteiger charge is 2.03. The third kappa shape index (κ3) is 1.89. The first-order chi connectivity index (χ1) is 9.88. The molecule has 95 valence electrons. The lowest BCUT2D eigenvalue weighted by atomic mass is 10.0. The molecule has 1 radical (unpaired) electrons. The van der Waals surface area contributed by atoms with Crippen molar-refractivity contribution >= 4 is 21.5 Å². The van der Waals surface area contributed by atoms with Crippen LogP contribution in [0.15, 0.2) is 65.4 Å². The van der Waals surface area contributed by atoms with E-state index in [2.05, 4.69) is 35.5 Å². The van der Waals surface area contributed by atoms with Crippen molar-refractivity contribution in [3.63, 3.8) is 0 Å². The molecule has 0 atom stereocenters. The standard InChI is InChI=1S/C17H10NO2/c1-2-4-13-10-15-11-16(20-17-7-8-19-18-17)6-5-14(15)9-12(13)3-1/h1-10H. The van der Waals surface area contributed by atoms with E-state index in [1.165, 1.54) is 17.0 Å². The van der Waals surface area contributed by atoms with Crippen LogP contribution in [0, 0.1) is 6.07 Å². The number of rotatable bonds is 2. The van der Waals surface area contributed by atoms with Gasteiger partial charge in [0, 0.05) is 12.1 Å². The second-order valence-corrected chi connectivity index (χ2v) is 4.55. The molecule has 3 aromatic carbocycles. The minimum absolute atomic E-state index is 0.432. The molecule has 0 unspecified atom stereocenters.